The Kier molecular flexibility index (Phi) is 12.4. The van der Waals surface area contributed by atoms with E-state index in [1.165, 1.54) is 0 Å². The van der Waals surface area contributed by atoms with Crippen molar-refractivity contribution in [3.8, 4) is 5.75 Å². The first-order valence-electron chi connectivity index (χ1n) is 11.0. The number of benzene rings is 1. The first-order valence-corrected chi connectivity index (χ1v) is 13.1. The molecule has 0 amide bonds. The van der Waals surface area contributed by atoms with E-state index >= 15 is 0 Å². The Morgan fingerprint density at radius 2 is 1.77 bits per heavy atom. The molecule has 1 heterocycles. The molecule has 1 aromatic rings. The van der Waals surface area contributed by atoms with Gasteiger partial charge in [0.25, 0.3) is 0 Å². The molecular formula is C24H43BO4SY-. The smallest absolute Gasteiger partial charge is 0.330 e. The zero-order valence-electron chi connectivity index (χ0n) is 21.4. The first kappa shape index (κ1) is 31.4. The molecule has 7 heteroatoms. The normalized spacial score (nSPS) is 19.0. The van der Waals surface area contributed by atoms with Gasteiger partial charge in [-0.2, -0.15) is 10.3 Å². The van der Waals surface area contributed by atoms with Gasteiger partial charge in [-0.15, -0.1) is 4.75 Å². The molecule has 0 aromatic heterocycles. The van der Waals surface area contributed by atoms with E-state index in [1.54, 1.807) is 21.3 Å². The number of ether oxygens (including phenoxy) is 1. The fourth-order valence-corrected chi connectivity index (χ4v) is 4.45. The second-order valence-corrected chi connectivity index (χ2v) is 13.4. The number of rotatable bonds is 9. The Bertz CT molecular complexity index is 685. The molecule has 1 N–H and O–H groups in total. The Morgan fingerprint density at radius 3 is 2.26 bits per heavy atom. The van der Waals surface area contributed by atoms with Crippen LogP contribution in [-0.2, 0) is 48.0 Å². The third kappa shape index (κ3) is 8.30. The van der Waals surface area contributed by atoms with E-state index in [9.17, 15) is 5.11 Å². The molecule has 2 atom stereocenters. The van der Waals surface area contributed by atoms with Crippen molar-refractivity contribution in [2.24, 2.45) is 0 Å². The van der Waals surface area contributed by atoms with Crippen molar-refractivity contribution in [3.63, 3.8) is 0 Å². The van der Waals surface area contributed by atoms with Gasteiger partial charge < -0.3 is 25.6 Å². The first-order chi connectivity index (χ1) is 13.7. The number of fused-ring (bicyclic) bond motifs is 1. The second-order valence-electron chi connectivity index (χ2n) is 9.45. The van der Waals surface area contributed by atoms with Crippen molar-refractivity contribution < 1.29 is 51.4 Å². The van der Waals surface area contributed by atoms with Crippen LogP contribution in [0.4, 0.5) is 0 Å². The maximum Gasteiger partial charge on any atom is 0.330 e. The number of hydrogen-bond acceptors (Lipinski definition) is 4. The van der Waals surface area contributed by atoms with Gasteiger partial charge >= 0.3 is 7.48 Å². The topological polar surface area (TPSA) is 47.9 Å². The standard InChI is InChI=1S/C22H37BO4S.C2H6.Y/c1-10-28(9,20(2,3)4)25-15-18-14-16-13-17(11-12-19(16)26-18)23-27-22(7,8)21(5,6)24;1-2;/h11-13,18,24H,2,10,14-15H2,1,3-9H3;1-2H3;/q-1;;. The molecule has 0 aliphatic carbocycles. The van der Waals surface area contributed by atoms with Crippen LogP contribution in [0.2, 0.25) is 0 Å². The van der Waals surface area contributed by atoms with Gasteiger partial charge in [-0.25, -0.2) is 0 Å². The van der Waals surface area contributed by atoms with Crippen molar-refractivity contribution in [2.75, 3.05) is 18.6 Å². The molecule has 0 saturated heterocycles. The summed E-state index contributed by atoms with van der Waals surface area (Å²) < 4.78 is 18.2. The van der Waals surface area contributed by atoms with Gasteiger partial charge in [-0.05, 0) is 51.3 Å². The van der Waals surface area contributed by atoms with E-state index in [0.29, 0.717) is 6.61 Å². The third-order valence-electron chi connectivity index (χ3n) is 6.02. The largest absolute Gasteiger partial charge is 0.487 e. The van der Waals surface area contributed by atoms with Gasteiger partial charge in [0.05, 0.1) is 17.8 Å². The molecule has 1 aliphatic heterocycles. The van der Waals surface area contributed by atoms with Gasteiger partial charge in [-0.1, -0.05) is 52.2 Å². The molecule has 2 unspecified atom stereocenters. The van der Waals surface area contributed by atoms with Crippen LogP contribution >= 0.6 is 10.3 Å². The van der Waals surface area contributed by atoms with Gasteiger partial charge in [0, 0.05) is 39.1 Å². The minimum Gasteiger partial charge on any atom is -0.487 e. The summed E-state index contributed by atoms with van der Waals surface area (Å²) in [5.74, 6) is 1.89. The van der Waals surface area contributed by atoms with Gasteiger partial charge in [-0.3, -0.25) is 0 Å². The van der Waals surface area contributed by atoms with Gasteiger partial charge in [0.2, 0.25) is 0 Å². The zero-order chi connectivity index (χ0) is 23.4. The molecule has 0 saturated carbocycles. The van der Waals surface area contributed by atoms with Crippen LogP contribution in [0.15, 0.2) is 18.2 Å². The summed E-state index contributed by atoms with van der Waals surface area (Å²) in [6.45, 7) is 22.6. The third-order valence-corrected chi connectivity index (χ3v) is 10.1. The molecular weight excluding hydrogens is 484 g/mol. The van der Waals surface area contributed by atoms with Crippen molar-refractivity contribution in [3.05, 3.63) is 30.7 Å². The summed E-state index contributed by atoms with van der Waals surface area (Å²) >= 11 is 0. The molecule has 0 spiro atoms. The minimum atomic E-state index is -1.26. The summed E-state index contributed by atoms with van der Waals surface area (Å²) in [5.41, 5.74) is 0.494. The van der Waals surface area contributed by atoms with E-state index in [-0.39, 0.29) is 43.6 Å². The molecule has 2 rings (SSSR count). The van der Waals surface area contributed by atoms with E-state index in [1.807, 2.05) is 39.8 Å². The second kappa shape index (κ2) is 12.2. The Morgan fingerprint density at radius 1 is 1.19 bits per heavy atom. The van der Waals surface area contributed by atoms with Crippen LogP contribution < -0.4 is 10.2 Å². The summed E-state index contributed by atoms with van der Waals surface area (Å²) in [6.07, 6.45) is 3.05. The predicted octanol–water partition coefficient (Wildman–Crippen LogP) is 4.82. The van der Waals surface area contributed by atoms with Crippen molar-refractivity contribution in [1.29, 1.82) is 0 Å². The Hall–Kier alpha value is 0.419. The summed E-state index contributed by atoms with van der Waals surface area (Å²) in [5, 5.41) is 10.2. The quantitative estimate of drug-likeness (QED) is 0.370. The van der Waals surface area contributed by atoms with Crippen molar-refractivity contribution in [1.82, 2.24) is 0 Å². The van der Waals surface area contributed by atoms with Crippen LogP contribution in [0.5, 0.6) is 5.75 Å². The molecule has 0 fully saturated rings. The maximum atomic E-state index is 10.2. The van der Waals surface area contributed by atoms with Gasteiger partial charge in [0.1, 0.15) is 11.9 Å². The fraction of sp³-hybridized carbons (Fsp3) is 0.708. The monoisotopic (exact) mass is 527 g/mol. The van der Waals surface area contributed by atoms with Crippen LogP contribution in [0.1, 0.15) is 67.9 Å². The van der Waals surface area contributed by atoms with Crippen molar-refractivity contribution in [2.45, 2.75) is 90.8 Å². The van der Waals surface area contributed by atoms with Crippen LogP contribution in [0.3, 0.4) is 0 Å². The van der Waals surface area contributed by atoms with Gasteiger partial charge in [0.15, 0.2) is 0 Å². The summed E-state index contributed by atoms with van der Waals surface area (Å²) in [7, 11) is 0.458. The SMILES string of the molecule is CC.[CH2-]C(C)(C)S(C)(CC)OCC1Cc2cc([B]OC(C)(C)C(C)(C)O)ccc2O1.[Y]. The zero-order valence-corrected chi connectivity index (χ0v) is 25.0. The number of hydrogen-bond donors (Lipinski definition) is 1. The summed E-state index contributed by atoms with van der Waals surface area (Å²) in [6, 6.07) is 6.05. The van der Waals surface area contributed by atoms with E-state index in [0.717, 1.165) is 28.9 Å². The predicted molar refractivity (Wildman–Crippen MR) is 132 cm³/mol. The fourth-order valence-electron chi connectivity index (χ4n) is 2.73. The van der Waals surface area contributed by atoms with E-state index < -0.39 is 21.5 Å². The molecule has 1 aromatic carbocycles. The molecule has 4 nitrogen and oxygen atoms in total. The Balaban J connectivity index is 0.00000291. The number of aliphatic hydroxyl groups is 1. The molecule has 176 valence electrons. The Labute approximate surface area is 219 Å². The molecule has 1 aliphatic rings. The van der Waals surface area contributed by atoms with Crippen LogP contribution in [-0.4, -0.2) is 53.3 Å². The average Bonchev–Trinajstić information content (AvgIpc) is 3.06. The average molecular weight is 527 g/mol. The maximum absolute atomic E-state index is 10.2. The summed E-state index contributed by atoms with van der Waals surface area (Å²) in [4.78, 5) is 0. The molecule has 0 bridgehead atoms. The minimum absolute atomic E-state index is 0. The van der Waals surface area contributed by atoms with Crippen molar-refractivity contribution >= 4 is 23.3 Å². The van der Waals surface area contributed by atoms with Crippen LogP contribution in [0, 0.1) is 6.92 Å². The molecule has 31 heavy (non-hydrogen) atoms. The molecule has 2 radical (unpaired) electrons. The van der Waals surface area contributed by atoms with Crippen LogP contribution in [0.25, 0.3) is 0 Å². The van der Waals surface area contributed by atoms with E-state index in [2.05, 4.69) is 40.0 Å². The van der Waals surface area contributed by atoms with E-state index in [4.69, 9.17) is 13.6 Å².